The molecule has 2 N–H and O–H groups in total. The minimum absolute atomic E-state index is 0.190. The molecule has 0 unspecified atom stereocenters. The molecule has 1 amide bonds. The number of aryl methyl sites for hydroxylation is 1. The third-order valence-corrected chi connectivity index (χ3v) is 1.38. The molecule has 5 nitrogen and oxygen atoms in total. The van der Waals surface area contributed by atoms with E-state index in [1.807, 2.05) is 0 Å². The van der Waals surface area contributed by atoms with Crippen LogP contribution in [-0.2, 0) is 0 Å². The fraction of sp³-hybridized carbons (Fsp3) is 0.333. The number of amides is 1. The van der Waals surface area contributed by atoms with Crippen LogP contribution in [0.4, 0.5) is 10.7 Å². The minimum Gasteiger partial charge on any atom is -0.465 e. The summed E-state index contributed by atoms with van der Waals surface area (Å²) in [5.74, 6) is 0.190. The van der Waals surface area contributed by atoms with E-state index in [0.29, 0.717) is 11.3 Å². The molecular formula is C6H8N2O3. The first kappa shape index (κ1) is 7.59. The van der Waals surface area contributed by atoms with Crippen LogP contribution < -0.4 is 5.32 Å². The van der Waals surface area contributed by atoms with E-state index in [-0.39, 0.29) is 5.88 Å². The molecule has 1 rings (SSSR count). The topological polar surface area (TPSA) is 75.4 Å². The SMILES string of the molecule is Cc1noc(NC(=O)O)c1C. The van der Waals surface area contributed by atoms with Gasteiger partial charge in [-0.1, -0.05) is 5.16 Å². The number of hydrogen-bond acceptors (Lipinski definition) is 3. The summed E-state index contributed by atoms with van der Waals surface area (Å²) in [5.41, 5.74) is 1.40. The molecule has 1 aromatic heterocycles. The maximum atomic E-state index is 10.1. The van der Waals surface area contributed by atoms with Gasteiger partial charge in [0.1, 0.15) is 0 Å². The molecule has 0 atom stereocenters. The lowest BCUT2D eigenvalue weighted by atomic mass is 10.3. The highest BCUT2D eigenvalue weighted by atomic mass is 16.5. The zero-order valence-corrected chi connectivity index (χ0v) is 6.21. The number of rotatable bonds is 1. The summed E-state index contributed by atoms with van der Waals surface area (Å²) in [6.07, 6.45) is -1.15. The summed E-state index contributed by atoms with van der Waals surface area (Å²) in [5, 5.41) is 14.0. The molecule has 60 valence electrons. The van der Waals surface area contributed by atoms with Crippen LogP contribution in [0, 0.1) is 13.8 Å². The molecular weight excluding hydrogens is 148 g/mol. The quantitative estimate of drug-likeness (QED) is 0.644. The van der Waals surface area contributed by atoms with Gasteiger partial charge in [-0.15, -0.1) is 0 Å². The van der Waals surface area contributed by atoms with Crippen molar-refractivity contribution >= 4 is 12.0 Å². The van der Waals surface area contributed by atoms with Gasteiger partial charge < -0.3 is 9.63 Å². The third-order valence-electron chi connectivity index (χ3n) is 1.38. The average Bonchev–Trinajstić information content (AvgIpc) is 2.18. The average molecular weight is 156 g/mol. The molecule has 0 radical (unpaired) electrons. The first-order valence-electron chi connectivity index (χ1n) is 3.04. The van der Waals surface area contributed by atoms with E-state index in [4.69, 9.17) is 5.11 Å². The second kappa shape index (κ2) is 2.61. The van der Waals surface area contributed by atoms with Crippen molar-refractivity contribution in [3.05, 3.63) is 11.3 Å². The number of carboxylic acid groups (broad SMARTS) is 1. The maximum absolute atomic E-state index is 10.1. The summed E-state index contributed by atoms with van der Waals surface area (Å²) in [6.45, 7) is 3.48. The number of carbonyl (C=O) groups is 1. The van der Waals surface area contributed by atoms with Crippen LogP contribution in [0.2, 0.25) is 0 Å². The molecule has 0 spiro atoms. The molecule has 1 heterocycles. The van der Waals surface area contributed by atoms with Gasteiger partial charge in [0.05, 0.1) is 5.69 Å². The van der Waals surface area contributed by atoms with E-state index in [0.717, 1.165) is 0 Å². The number of aromatic nitrogens is 1. The number of hydrogen-bond donors (Lipinski definition) is 2. The molecule has 1 aromatic rings. The molecule has 0 saturated carbocycles. The van der Waals surface area contributed by atoms with Crippen molar-refractivity contribution in [3.8, 4) is 0 Å². The van der Waals surface area contributed by atoms with Gasteiger partial charge in [-0.25, -0.2) is 4.79 Å². The van der Waals surface area contributed by atoms with Gasteiger partial charge in [-0.05, 0) is 13.8 Å². The van der Waals surface area contributed by atoms with Gasteiger partial charge in [-0.2, -0.15) is 0 Å². The molecule has 0 aliphatic rings. The third kappa shape index (κ3) is 1.49. The smallest absolute Gasteiger partial charge is 0.411 e. The Balaban J connectivity index is 2.87. The van der Waals surface area contributed by atoms with Crippen LogP contribution in [-0.4, -0.2) is 16.4 Å². The molecule has 0 saturated heterocycles. The van der Waals surface area contributed by atoms with E-state index in [2.05, 4.69) is 15.0 Å². The number of anilines is 1. The summed E-state index contributed by atoms with van der Waals surface area (Å²) >= 11 is 0. The first-order valence-corrected chi connectivity index (χ1v) is 3.04. The van der Waals surface area contributed by atoms with Crippen molar-refractivity contribution in [3.63, 3.8) is 0 Å². The zero-order valence-electron chi connectivity index (χ0n) is 6.21. The summed E-state index contributed by atoms with van der Waals surface area (Å²) in [7, 11) is 0. The number of nitrogens with one attached hydrogen (secondary N) is 1. The van der Waals surface area contributed by atoms with Crippen molar-refractivity contribution in [2.24, 2.45) is 0 Å². The van der Waals surface area contributed by atoms with Crippen LogP contribution >= 0.6 is 0 Å². The lowest BCUT2D eigenvalue weighted by molar-refractivity contribution is 0.208. The molecule has 0 aliphatic carbocycles. The van der Waals surface area contributed by atoms with Crippen molar-refractivity contribution in [2.75, 3.05) is 5.32 Å². The number of nitrogens with zero attached hydrogens (tertiary/aromatic N) is 1. The van der Waals surface area contributed by atoms with Gasteiger partial charge in [0.25, 0.3) is 0 Å². The van der Waals surface area contributed by atoms with Gasteiger partial charge >= 0.3 is 6.09 Å². The Morgan fingerprint density at radius 3 is 2.64 bits per heavy atom. The summed E-state index contributed by atoms with van der Waals surface area (Å²) in [4.78, 5) is 10.1. The fourth-order valence-corrected chi connectivity index (χ4v) is 0.629. The van der Waals surface area contributed by atoms with Gasteiger partial charge in [0.2, 0.25) is 5.88 Å². The predicted molar refractivity (Wildman–Crippen MR) is 37.6 cm³/mol. The first-order chi connectivity index (χ1) is 5.11. The van der Waals surface area contributed by atoms with Crippen LogP contribution in [0.1, 0.15) is 11.3 Å². The minimum atomic E-state index is -1.15. The van der Waals surface area contributed by atoms with Crippen molar-refractivity contribution in [1.29, 1.82) is 0 Å². The highest BCUT2D eigenvalue weighted by molar-refractivity contribution is 5.81. The van der Waals surface area contributed by atoms with E-state index >= 15 is 0 Å². The Hall–Kier alpha value is -1.52. The largest absolute Gasteiger partial charge is 0.465 e. The Bertz CT molecular complexity index is 279. The Labute approximate surface area is 63.0 Å². The fourth-order valence-electron chi connectivity index (χ4n) is 0.629. The lowest BCUT2D eigenvalue weighted by Crippen LogP contribution is -2.07. The second-order valence-corrected chi connectivity index (χ2v) is 2.15. The molecule has 5 heteroatoms. The summed E-state index contributed by atoms with van der Waals surface area (Å²) < 4.78 is 4.66. The molecule has 0 aliphatic heterocycles. The van der Waals surface area contributed by atoms with Crippen LogP contribution in [0.5, 0.6) is 0 Å². The van der Waals surface area contributed by atoms with Crippen molar-refractivity contribution < 1.29 is 14.4 Å². The monoisotopic (exact) mass is 156 g/mol. The van der Waals surface area contributed by atoms with E-state index in [9.17, 15) is 4.79 Å². The maximum Gasteiger partial charge on any atom is 0.411 e. The van der Waals surface area contributed by atoms with E-state index in [1.54, 1.807) is 13.8 Å². The second-order valence-electron chi connectivity index (χ2n) is 2.15. The normalized spacial score (nSPS) is 9.64. The Morgan fingerprint density at radius 1 is 1.64 bits per heavy atom. The molecule has 11 heavy (non-hydrogen) atoms. The summed E-state index contributed by atoms with van der Waals surface area (Å²) in [6, 6.07) is 0. The Kier molecular flexibility index (Phi) is 1.80. The highest BCUT2D eigenvalue weighted by Gasteiger charge is 2.09. The zero-order chi connectivity index (χ0) is 8.43. The lowest BCUT2D eigenvalue weighted by Gasteiger charge is -1.93. The standard InChI is InChI=1S/C6H8N2O3/c1-3-4(2)8-11-5(3)7-6(9)10/h7H,1-2H3,(H,9,10). The van der Waals surface area contributed by atoms with Crippen LogP contribution in [0.3, 0.4) is 0 Å². The molecule has 0 fully saturated rings. The Morgan fingerprint density at radius 2 is 2.27 bits per heavy atom. The highest BCUT2D eigenvalue weighted by Crippen LogP contribution is 2.16. The van der Waals surface area contributed by atoms with Crippen LogP contribution in [0.15, 0.2) is 4.52 Å². The van der Waals surface area contributed by atoms with Gasteiger partial charge in [0, 0.05) is 5.56 Å². The van der Waals surface area contributed by atoms with E-state index < -0.39 is 6.09 Å². The van der Waals surface area contributed by atoms with E-state index in [1.165, 1.54) is 0 Å². The van der Waals surface area contributed by atoms with Crippen molar-refractivity contribution in [1.82, 2.24) is 5.16 Å². The predicted octanol–water partition coefficient (Wildman–Crippen LogP) is 1.38. The van der Waals surface area contributed by atoms with Crippen molar-refractivity contribution in [2.45, 2.75) is 13.8 Å². The molecule has 0 bridgehead atoms. The van der Waals surface area contributed by atoms with Crippen LogP contribution in [0.25, 0.3) is 0 Å². The van der Waals surface area contributed by atoms with Gasteiger partial charge in [0.15, 0.2) is 0 Å². The van der Waals surface area contributed by atoms with Gasteiger partial charge in [-0.3, -0.25) is 5.32 Å². The molecule has 0 aromatic carbocycles.